The number of anilines is 1. The van der Waals surface area contributed by atoms with Gasteiger partial charge in [0.1, 0.15) is 0 Å². The number of nitrogens with one attached hydrogen (secondary N) is 3. The van der Waals surface area contributed by atoms with Crippen molar-refractivity contribution in [1.29, 1.82) is 0 Å². The highest BCUT2D eigenvalue weighted by Gasteiger charge is 2.14. The van der Waals surface area contributed by atoms with Crippen molar-refractivity contribution in [3.05, 3.63) is 88.8 Å². The van der Waals surface area contributed by atoms with Gasteiger partial charge in [0.05, 0.1) is 16.9 Å². The van der Waals surface area contributed by atoms with Gasteiger partial charge in [-0.25, -0.2) is 0 Å². The Balaban J connectivity index is 1.77. The van der Waals surface area contributed by atoms with Gasteiger partial charge in [0.15, 0.2) is 0 Å². The fraction of sp³-hybridized carbons (Fsp3) is 0.0952. The van der Waals surface area contributed by atoms with Gasteiger partial charge in [0, 0.05) is 23.1 Å². The van der Waals surface area contributed by atoms with E-state index in [4.69, 9.17) is 0 Å². The molecule has 0 spiro atoms. The Labute approximate surface area is 145 Å². The maximum absolute atomic E-state index is 12.5. The molecule has 0 saturated carbocycles. The second-order valence-corrected chi connectivity index (χ2v) is 6.14. The van der Waals surface area contributed by atoms with Gasteiger partial charge in [-0.3, -0.25) is 4.79 Å². The number of para-hydroxylation sites is 1. The van der Waals surface area contributed by atoms with Crippen LogP contribution < -0.4 is 10.9 Å². The molecule has 2 aromatic carbocycles. The largest absolute Gasteiger partial charge is 0.378 e. The lowest BCUT2D eigenvalue weighted by molar-refractivity contribution is 0.884. The summed E-state index contributed by atoms with van der Waals surface area (Å²) in [5, 5.41) is 4.56. The van der Waals surface area contributed by atoms with Gasteiger partial charge in [-0.05, 0) is 30.7 Å². The lowest BCUT2D eigenvalue weighted by atomic mass is 10.1. The molecule has 25 heavy (non-hydrogen) atoms. The third-order valence-corrected chi connectivity index (χ3v) is 4.43. The van der Waals surface area contributed by atoms with Crippen molar-refractivity contribution >= 4 is 16.6 Å². The van der Waals surface area contributed by atoms with Gasteiger partial charge in [-0.2, -0.15) is 0 Å². The highest BCUT2D eigenvalue weighted by molar-refractivity contribution is 5.88. The summed E-state index contributed by atoms with van der Waals surface area (Å²) in [6, 6.07) is 22.2. The minimum Gasteiger partial charge on any atom is -0.378 e. The Kier molecular flexibility index (Phi) is 3.86. The molecule has 0 saturated heterocycles. The Bertz CT molecular complexity index is 1030. The van der Waals surface area contributed by atoms with Gasteiger partial charge in [-0.15, -0.1) is 0 Å². The van der Waals surface area contributed by atoms with E-state index < -0.39 is 0 Å². The first-order chi connectivity index (χ1) is 12.2. The summed E-state index contributed by atoms with van der Waals surface area (Å²) < 4.78 is 0. The van der Waals surface area contributed by atoms with E-state index >= 15 is 0 Å². The van der Waals surface area contributed by atoms with E-state index in [1.54, 1.807) is 6.20 Å². The first-order valence-corrected chi connectivity index (χ1v) is 8.33. The first-order valence-electron chi connectivity index (χ1n) is 8.33. The summed E-state index contributed by atoms with van der Waals surface area (Å²) >= 11 is 0. The molecule has 2 aromatic heterocycles. The van der Waals surface area contributed by atoms with E-state index in [0.717, 1.165) is 22.3 Å². The number of pyridine rings is 1. The molecule has 4 heteroatoms. The molecular weight excluding hydrogens is 310 g/mol. The fourth-order valence-electron chi connectivity index (χ4n) is 3.13. The number of H-pyrrole nitrogens is 2. The molecule has 0 aliphatic heterocycles. The van der Waals surface area contributed by atoms with Crippen LogP contribution >= 0.6 is 0 Å². The van der Waals surface area contributed by atoms with Crippen LogP contribution in [0.4, 0.5) is 5.69 Å². The van der Waals surface area contributed by atoms with E-state index in [9.17, 15) is 4.79 Å². The minimum absolute atomic E-state index is 0.0890. The van der Waals surface area contributed by atoms with Crippen molar-refractivity contribution in [3.8, 4) is 11.3 Å². The second-order valence-electron chi connectivity index (χ2n) is 6.14. The highest BCUT2D eigenvalue weighted by Crippen LogP contribution is 2.29. The molecule has 0 amide bonds. The number of hydrogen-bond donors (Lipinski definition) is 3. The predicted octanol–water partition coefficient (Wildman–Crippen LogP) is 4.70. The van der Waals surface area contributed by atoms with E-state index in [1.165, 1.54) is 5.56 Å². The van der Waals surface area contributed by atoms with Crippen LogP contribution in [0.1, 0.15) is 18.5 Å². The molecule has 3 N–H and O–H groups in total. The average molecular weight is 329 g/mol. The van der Waals surface area contributed by atoms with Gasteiger partial charge in [0.2, 0.25) is 0 Å². The zero-order chi connectivity index (χ0) is 17.2. The van der Waals surface area contributed by atoms with E-state index in [-0.39, 0.29) is 11.6 Å². The number of fused-ring (bicyclic) bond motifs is 1. The van der Waals surface area contributed by atoms with Crippen LogP contribution in [0.3, 0.4) is 0 Å². The molecule has 1 atom stereocenters. The normalized spacial score (nSPS) is 12.2. The molecular formula is C21H19N3O. The van der Waals surface area contributed by atoms with Gasteiger partial charge < -0.3 is 15.3 Å². The summed E-state index contributed by atoms with van der Waals surface area (Å²) in [5.41, 5.74) is 4.32. The van der Waals surface area contributed by atoms with Crippen LogP contribution in [0.2, 0.25) is 0 Å². The Morgan fingerprint density at radius 1 is 0.960 bits per heavy atom. The van der Waals surface area contributed by atoms with Crippen molar-refractivity contribution < 1.29 is 0 Å². The SMILES string of the molecule is C[C@H](Nc1cc[nH]c(=O)c1-c1cc2ccccc2[nH]1)c1ccccc1. The Morgan fingerprint density at radius 3 is 2.52 bits per heavy atom. The molecule has 4 rings (SSSR count). The van der Waals surface area contributed by atoms with Crippen LogP contribution in [0.5, 0.6) is 0 Å². The standard InChI is InChI=1S/C21H19N3O/c1-14(15-7-3-2-4-8-15)23-18-11-12-22-21(25)20(18)19-13-16-9-5-6-10-17(16)24-19/h2-14,24H,1H3,(H2,22,23,25)/t14-/m0/s1. The summed E-state index contributed by atoms with van der Waals surface area (Å²) in [4.78, 5) is 18.6. The van der Waals surface area contributed by atoms with Gasteiger partial charge in [-0.1, -0.05) is 48.5 Å². The van der Waals surface area contributed by atoms with Crippen LogP contribution in [-0.4, -0.2) is 9.97 Å². The Hall–Kier alpha value is -3.27. The molecule has 0 bridgehead atoms. The van der Waals surface area contributed by atoms with Crippen LogP contribution in [0.15, 0.2) is 77.7 Å². The molecule has 0 aliphatic rings. The van der Waals surface area contributed by atoms with Gasteiger partial charge in [0.25, 0.3) is 5.56 Å². The lowest BCUT2D eigenvalue weighted by Gasteiger charge is -2.17. The summed E-state index contributed by atoms with van der Waals surface area (Å²) in [7, 11) is 0. The minimum atomic E-state index is -0.114. The van der Waals surface area contributed by atoms with Crippen molar-refractivity contribution in [2.75, 3.05) is 5.32 Å². The molecule has 2 heterocycles. The van der Waals surface area contributed by atoms with Crippen molar-refractivity contribution in [3.63, 3.8) is 0 Å². The fourth-order valence-corrected chi connectivity index (χ4v) is 3.13. The van der Waals surface area contributed by atoms with Crippen LogP contribution in [0.25, 0.3) is 22.2 Å². The number of rotatable bonds is 4. The zero-order valence-electron chi connectivity index (χ0n) is 13.9. The van der Waals surface area contributed by atoms with Crippen molar-refractivity contribution in [2.45, 2.75) is 13.0 Å². The van der Waals surface area contributed by atoms with E-state index in [1.807, 2.05) is 54.6 Å². The quantitative estimate of drug-likeness (QED) is 0.508. The predicted molar refractivity (Wildman–Crippen MR) is 103 cm³/mol. The average Bonchev–Trinajstić information content (AvgIpc) is 3.06. The lowest BCUT2D eigenvalue weighted by Crippen LogP contribution is -2.14. The van der Waals surface area contributed by atoms with Crippen LogP contribution in [0, 0.1) is 0 Å². The number of benzene rings is 2. The molecule has 124 valence electrons. The number of hydrogen-bond acceptors (Lipinski definition) is 2. The zero-order valence-corrected chi connectivity index (χ0v) is 13.9. The maximum atomic E-state index is 12.5. The number of aromatic amines is 2. The molecule has 0 fully saturated rings. The summed E-state index contributed by atoms with van der Waals surface area (Å²) in [5.74, 6) is 0. The summed E-state index contributed by atoms with van der Waals surface area (Å²) in [6.45, 7) is 2.09. The van der Waals surface area contributed by atoms with Gasteiger partial charge >= 0.3 is 0 Å². The molecule has 0 unspecified atom stereocenters. The van der Waals surface area contributed by atoms with Crippen molar-refractivity contribution in [1.82, 2.24) is 9.97 Å². The molecule has 0 radical (unpaired) electrons. The monoisotopic (exact) mass is 329 g/mol. The number of aromatic nitrogens is 2. The van der Waals surface area contributed by atoms with Crippen LogP contribution in [-0.2, 0) is 0 Å². The van der Waals surface area contributed by atoms with E-state index in [2.05, 4.69) is 34.3 Å². The Morgan fingerprint density at radius 2 is 1.72 bits per heavy atom. The van der Waals surface area contributed by atoms with E-state index in [0.29, 0.717) is 5.56 Å². The highest BCUT2D eigenvalue weighted by atomic mass is 16.1. The molecule has 4 nitrogen and oxygen atoms in total. The maximum Gasteiger partial charge on any atom is 0.259 e. The molecule has 0 aliphatic carbocycles. The van der Waals surface area contributed by atoms with Crippen molar-refractivity contribution in [2.24, 2.45) is 0 Å². The smallest absolute Gasteiger partial charge is 0.259 e. The third kappa shape index (κ3) is 2.94. The first kappa shape index (κ1) is 15.3. The second kappa shape index (κ2) is 6.32. The molecule has 4 aromatic rings. The topological polar surface area (TPSA) is 60.7 Å². The third-order valence-electron chi connectivity index (χ3n) is 4.43. The summed E-state index contributed by atoms with van der Waals surface area (Å²) in [6.07, 6.45) is 1.68.